The fourth-order valence-electron chi connectivity index (χ4n) is 1.55. The van der Waals surface area contributed by atoms with Crippen molar-refractivity contribution in [3.05, 3.63) is 0 Å². The third-order valence-electron chi connectivity index (χ3n) is 2.26. The molecule has 78 valence electrons. The highest BCUT2D eigenvalue weighted by atomic mass is 19.3. The van der Waals surface area contributed by atoms with Gasteiger partial charge in [0.2, 0.25) is 0 Å². The molecule has 1 heterocycles. The van der Waals surface area contributed by atoms with Gasteiger partial charge in [-0.05, 0) is 20.9 Å². The van der Waals surface area contributed by atoms with E-state index in [1.165, 1.54) is 0 Å². The molecule has 0 aliphatic carbocycles. The minimum atomic E-state index is -2.53. The molecule has 0 saturated carbocycles. The first-order valence-corrected chi connectivity index (χ1v) is 4.60. The predicted octanol–water partition coefficient (Wildman–Crippen LogP) is 1.75. The molecule has 0 aromatic heterocycles. The second-order valence-corrected chi connectivity index (χ2v) is 4.01. The molecule has 1 atom stereocenters. The Labute approximate surface area is 77.9 Å². The van der Waals surface area contributed by atoms with Crippen molar-refractivity contribution in [1.29, 1.82) is 0 Å². The number of halogens is 2. The lowest BCUT2D eigenvalue weighted by molar-refractivity contribution is 0.0110. The van der Waals surface area contributed by atoms with Crippen LogP contribution in [0.4, 0.5) is 8.78 Å². The van der Waals surface area contributed by atoms with Crippen LogP contribution >= 0.6 is 0 Å². The molecule has 1 aliphatic heterocycles. The van der Waals surface area contributed by atoms with Gasteiger partial charge in [0.25, 0.3) is 5.92 Å². The molecule has 1 unspecified atom stereocenters. The van der Waals surface area contributed by atoms with E-state index in [9.17, 15) is 8.78 Å². The summed E-state index contributed by atoms with van der Waals surface area (Å²) in [4.78, 5) is 1.67. The minimum absolute atomic E-state index is 0.0732. The predicted molar refractivity (Wildman–Crippen MR) is 47.1 cm³/mol. The lowest BCUT2D eigenvalue weighted by Crippen LogP contribution is -2.30. The fraction of sp³-hybridized carbons (Fsp3) is 1.00. The monoisotopic (exact) mass is 193 g/mol. The second kappa shape index (κ2) is 3.88. The van der Waals surface area contributed by atoms with E-state index in [4.69, 9.17) is 4.74 Å². The van der Waals surface area contributed by atoms with Crippen molar-refractivity contribution in [3.8, 4) is 0 Å². The zero-order valence-electron chi connectivity index (χ0n) is 8.39. The summed E-state index contributed by atoms with van der Waals surface area (Å²) < 4.78 is 31.1. The summed E-state index contributed by atoms with van der Waals surface area (Å²) in [6.07, 6.45) is 0.0403. The summed E-state index contributed by atoms with van der Waals surface area (Å²) in [5, 5.41) is 0. The van der Waals surface area contributed by atoms with Gasteiger partial charge in [0.15, 0.2) is 0 Å². The average molecular weight is 193 g/mol. The summed E-state index contributed by atoms with van der Waals surface area (Å²) in [5.74, 6) is -2.53. The molecular formula is C9H17F2NO. The van der Waals surface area contributed by atoms with Crippen LogP contribution in [-0.2, 0) is 4.74 Å². The van der Waals surface area contributed by atoms with Crippen molar-refractivity contribution in [2.75, 3.05) is 20.2 Å². The zero-order chi connectivity index (χ0) is 10.1. The van der Waals surface area contributed by atoms with Crippen LogP contribution in [0.3, 0.4) is 0 Å². The van der Waals surface area contributed by atoms with Crippen LogP contribution in [0.25, 0.3) is 0 Å². The molecular weight excluding hydrogens is 176 g/mol. The Morgan fingerprint density at radius 2 is 2.15 bits per heavy atom. The van der Waals surface area contributed by atoms with Crippen molar-refractivity contribution in [2.45, 2.75) is 38.3 Å². The van der Waals surface area contributed by atoms with E-state index in [2.05, 4.69) is 0 Å². The van der Waals surface area contributed by atoms with Crippen molar-refractivity contribution in [1.82, 2.24) is 4.90 Å². The highest BCUT2D eigenvalue weighted by molar-refractivity contribution is 4.88. The summed E-state index contributed by atoms with van der Waals surface area (Å²) >= 11 is 0. The molecule has 0 aromatic carbocycles. The van der Waals surface area contributed by atoms with Gasteiger partial charge in [-0.1, -0.05) is 0 Å². The minimum Gasteiger partial charge on any atom is -0.377 e. The van der Waals surface area contributed by atoms with E-state index in [1.54, 1.807) is 11.9 Å². The molecule has 1 rings (SSSR count). The maximum Gasteiger partial charge on any atom is 0.262 e. The number of rotatable bonds is 3. The molecule has 0 aromatic rings. The Morgan fingerprint density at radius 3 is 2.54 bits per heavy atom. The van der Waals surface area contributed by atoms with Gasteiger partial charge in [-0.25, -0.2) is 8.78 Å². The number of hydrogen-bond donors (Lipinski definition) is 0. The smallest absolute Gasteiger partial charge is 0.262 e. The van der Waals surface area contributed by atoms with E-state index in [0.717, 1.165) is 0 Å². The van der Waals surface area contributed by atoms with Gasteiger partial charge >= 0.3 is 0 Å². The first-order chi connectivity index (χ1) is 5.91. The number of ether oxygens (including phenoxy) is 1. The van der Waals surface area contributed by atoms with E-state index >= 15 is 0 Å². The van der Waals surface area contributed by atoms with Crippen molar-refractivity contribution in [3.63, 3.8) is 0 Å². The standard InChI is InChI=1S/C9H17F2NO/c1-7(2)13-5-8-4-9(10,11)6-12(8)3/h7-8H,4-6H2,1-3H3. The molecule has 0 amide bonds. The number of nitrogens with zero attached hydrogens (tertiary/aromatic N) is 1. The summed E-state index contributed by atoms with van der Waals surface area (Å²) in [5.41, 5.74) is 0. The summed E-state index contributed by atoms with van der Waals surface area (Å²) in [7, 11) is 1.72. The average Bonchev–Trinajstić information content (AvgIpc) is 2.20. The lowest BCUT2D eigenvalue weighted by atomic mass is 10.2. The van der Waals surface area contributed by atoms with E-state index in [0.29, 0.717) is 6.61 Å². The highest BCUT2D eigenvalue weighted by Crippen LogP contribution is 2.30. The van der Waals surface area contributed by atoms with Gasteiger partial charge in [0, 0.05) is 12.5 Å². The van der Waals surface area contributed by atoms with Gasteiger partial charge < -0.3 is 4.74 Å². The Bertz CT molecular complexity index is 173. The van der Waals surface area contributed by atoms with E-state index in [1.807, 2.05) is 13.8 Å². The molecule has 1 aliphatic rings. The molecule has 4 heteroatoms. The van der Waals surface area contributed by atoms with Crippen LogP contribution in [0.15, 0.2) is 0 Å². The number of likely N-dealkylation sites (tertiary alicyclic amines) is 1. The molecule has 2 nitrogen and oxygen atoms in total. The SMILES string of the molecule is CC(C)OCC1CC(F)(F)CN1C. The molecule has 0 N–H and O–H groups in total. The van der Waals surface area contributed by atoms with Crippen molar-refractivity contribution < 1.29 is 13.5 Å². The second-order valence-electron chi connectivity index (χ2n) is 4.01. The Balaban J connectivity index is 2.35. The molecule has 13 heavy (non-hydrogen) atoms. The molecule has 0 spiro atoms. The number of alkyl halides is 2. The topological polar surface area (TPSA) is 12.5 Å². The van der Waals surface area contributed by atoms with E-state index < -0.39 is 5.92 Å². The normalized spacial score (nSPS) is 28.6. The van der Waals surface area contributed by atoms with Crippen LogP contribution < -0.4 is 0 Å². The van der Waals surface area contributed by atoms with E-state index in [-0.39, 0.29) is 25.1 Å². The largest absolute Gasteiger partial charge is 0.377 e. The van der Waals surface area contributed by atoms with Gasteiger partial charge in [0.05, 0.1) is 19.3 Å². The third-order valence-corrected chi connectivity index (χ3v) is 2.26. The Kier molecular flexibility index (Phi) is 3.24. The van der Waals surface area contributed by atoms with Crippen LogP contribution in [0.5, 0.6) is 0 Å². The molecule has 1 fully saturated rings. The lowest BCUT2D eigenvalue weighted by Gasteiger charge is -2.19. The van der Waals surface area contributed by atoms with Gasteiger partial charge in [0.1, 0.15) is 0 Å². The first kappa shape index (κ1) is 10.9. The van der Waals surface area contributed by atoms with Gasteiger partial charge in [-0.3, -0.25) is 4.90 Å². The Morgan fingerprint density at radius 1 is 1.54 bits per heavy atom. The zero-order valence-corrected chi connectivity index (χ0v) is 8.39. The molecule has 0 radical (unpaired) electrons. The quantitative estimate of drug-likeness (QED) is 0.677. The summed E-state index contributed by atoms with van der Waals surface area (Å²) in [6.45, 7) is 4.09. The van der Waals surface area contributed by atoms with Gasteiger partial charge in [-0.2, -0.15) is 0 Å². The van der Waals surface area contributed by atoms with Crippen LogP contribution in [0.2, 0.25) is 0 Å². The molecule has 1 saturated heterocycles. The maximum atomic E-state index is 12.9. The van der Waals surface area contributed by atoms with Crippen LogP contribution in [-0.4, -0.2) is 43.2 Å². The third kappa shape index (κ3) is 3.19. The maximum absolute atomic E-state index is 12.9. The van der Waals surface area contributed by atoms with Crippen LogP contribution in [0, 0.1) is 0 Å². The Hall–Kier alpha value is -0.220. The molecule has 0 bridgehead atoms. The first-order valence-electron chi connectivity index (χ1n) is 4.60. The van der Waals surface area contributed by atoms with Gasteiger partial charge in [-0.15, -0.1) is 0 Å². The fourth-order valence-corrected chi connectivity index (χ4v) is 1.55. The highest BCUT2D eigenvalue weighted by Gasteiger charge is 2.43. The number of likely N-dealkylation sites (N-methyl/N-ethyl adjacent to an activating group) is 1. The number of hydrogen-bond acceptors (Lipinski definition) is 2. The van der Waals surface area contributed by atoms with Crippen molar-refractivity contribution in [2.24, 2.45) is 0 Å². The van der Waals surface area contributed by atoms with Crippen molar-refractivity contribution >= 4 is 0 Å². The summed E-state index contributed by atoms with van der Waals surface area (Å²) in [6, 6.07) is -0.127. The van der Waals surface area contributed by atoms with Crippen LogP contribution in [0.1, 0.15) is 20.3 Å².